The third kappa shape index (κ3) is 3.74. The Balaban J connectivity index is 3.02. The second-order valence-electron chi connectivity index (χ2n) is 3.39. The number of amides is 1. The molecule has 0 unspecified atom stereocenters. The van der Waals surface area contributed by atoms with Crippen molar-refractivity contribution in [2.24, 2.45) is 0 Å². The summed E-state index contributed by atoms with van der Waals surface area (Å²) in [4.78, 5) is 11.9. The van der Waals surface area contributed by atoms with Crippen molar-refractivity contribution in [1.82, 2.24) is 5.32 Å². The van der Waals surface area contributed by atoms with Crippen LogP contribution >= 0.6 is 31.9 Å². The molecule has 1 aromatic carbocycles. The van der Waals surface area contributed by atoms with Crippen LogP contribution in [-0.2, 0) is 0 Å². The summed E-state index contributed by atoms with van der Waals surface area (Å²) < 4.78 is 11.7. The van der Waals surface area contributed by atoms with Crippen LogP contribution in [0.4, 0.5) is 0 Å². The van der Waals surface area contributed by atoms with E-state index in [4.69, 9.17) is 9.47 Å². The van der Waals surface area contributed by atoms with E-state index in [1.807, 2.05) is 0 Å². The minimum absolute atomic E-state index is 0.222. The van der Waals surface area contributed by atoms with Gasteiger partial charge in [-0.1, -0.05) is 22.5 Å². The molecule has 0 aliphatic heterocycles. The number of methoxy groups -OCH3 is 2. The largest absolute Gasteiger partial charge is 0.495 e. The van der Waals surface area contributed by atoms with Crippen LogP contribution in [0.2, 0.25) is 0 Å². The lowest BCUT2D eigenvalue weighted by Gasteiger charge is -2.11. The fraction of sp³-hybridized carbons (Fsp3) is 0.250. The summed E-state index contributed by atoms with van der Waals surface area (Å²) in [5.74, 6) is 0.856. The summed E-state index contributed by atoms with van der Waals surface area (Å²) in [6, 6.07) is 3.28. The summed E-state index contributed by atoms with van der Waals surface area (Å²) in [5.41, 5.74) is 0.459. The van der Waals surface area contributed by atoms with Gasteiger partial charge in [-0.2, -0.15) is 0 Å². The van der Waals surface area contributed by atoms with Crippen molar-refractivity contribution in [1.29, 1.82) is 0 Å². The van der Waals surface area contributed by atoms with Crippen molar-refractivity contribution < 1.29 is 14.3 Å². The zero-order chi connectivity index (χ0) is 13.7. The van der Waals surface area contributed by atoms with Crippen molar-refractivity contribution in [3.8, 4) is 11.5 Å². The topological polar surface area (TPSA) is 47.6 Å². The van der Waals surface area contributed by atoms with Gasteiger partial charge in [-0.25, -0.2) is 0 Å². The minimum atomic E-state index is -0.222. The number of carbonyl (C=O) groups excluding carboxylic acids is 1. The van der Waals surface area contributed by atoms with Crippen LogP contribution in [-0.4, -0.2) is 26.7 Å². The molecular weight excluding hydrogens is 366 g/mol. The highest BCUT2D eigenvalue weighted by atomic mass is 79.9. The Bertz CT molecular complexity index is 449. The molecule has 1 N–H and O–H groups in total. The molecule has 0 atom stereocenters. The maximum absolute atomic E-state index is 11.9. The van der Waals surface area contributed by atoms with Crippen molar-refractivity contribution in [3.63, 3.8) is 0 Å². The Hall–Kier alpha value is -1.01. The van der Waals surface area contributed by atoms with Gasteiger partial charge in [0.2, 0.25) is 0 Å². The van der Waals surface area contributed by atoms with Crippen molar-refractivity contribution in [2.75, 3.05) is 20.8 Å². The van der Waals surface area contributed by atoms with Gasteiger partial charge in [-0.3, -0.25) is 4.79 Å². The zero-order valence-electron chi connectivity index (χ0n) is 10.0. The first-order chi connectivity index (χ1) is 8.49. The predicted molar refractivity (Wildman–Crippen MR) is 77.6 cm³/mol. The van der Waals surface area contributed by atoms with Gasteiger partial charge < -0.3 is 14.8 Å². The van der Waals surface area contributed by atoms with Gasteiger partial charge in [-0.15, -0.1) is 0 Å². The van der Waals surface area contributed by atoms with Gasteiger partial charge in [0.15, 0.2) is 0 Å². The van der Waals surface area contributed by atoms with Crippen LogP contribution in [0.15, 0.2) is 27.7 Å². The third-order valence-corrected chi connectivity index (χ3v) is 3.21. The molecular formula is C12H13Br2NO3. The molecule has 0 spiro atoms. The molecule has 18 heavy (non-hydrogen) atoms. The minimum Gasteiger partial charge on any atom is -0.495 e. The lowest BCUT2D eigenvalue weighted by Crippen LogP contribution is -2.24. The molecule has 0 bridgehead atoms. The summed E-state index contributed by atoms with van der Waals surface area (Å²) in [7, 11) is 3.06. The van der Waals surface area contributed by atoms with Gasteiger partial charge in [-0.05, 0) is 28.1 Å². The average molecular weight is 379 g/mol. The number of hydrogen-bond acceptors (Lipinski definition) is 3. The fourth-order valence-corrected chi connectivity index (χ4v) is 1.97. The molecule has 0 heterocycles. The van der Waals surface area contributed by atoms with E-state index in [1.165, 1.54) is 14.2 Å². The summed E-state index contributed by atoms with van der Waals surface area (Å²) >= 11 is 6.52. The van der Waals surface area contributed by atoms with Gasteiger partial charge >= 0.3 is 0 Å². The molecule has 0 aromatic heterocycles. The number of nitrogens with one attached hydrogen (secondary N) is 1. The Morgan fingerprint density at radius 2 is 1.83 bits per heavy atom. The highest BCUT2D eigenvalue weighted by molar-refractivity contribution is 9.11. The molecule has 0 saturated heterocycles. The first-order valence-corrected chi connectivity index (χ1v) is 6.61. The summed E-state index contributed by atoms with van der Waals surface area (Å²) in [6.07, 6.45) is 0. The number of ether oxygens (including phenoxy) is 2. The second-order valence-corrected chi connectivity index (χ2v) is 5.31. The van der Waals surface area contributed by atoms with Gasteiger partial charge in [0.25, 0.3) is 5.91 Å². The monoisotopic (exact) mass is 377 g/mol. The Morgan fingerprint density at radius 1 is 1.33 bits per heavy atom. The third-order valence-electron chi connectivity index (χ3n) is 2.15. The number of carbonyl (C=O) groups is 1. The van der Waals surface area contributed by atoms with Crippen LogP contribution < -0.4 is 14.8 Å². The highest BCUT2D eigenvalue weighted by Gasteiger charge is 2.14. The maximum atomic E-state index is 11.9. The van der Waals surface area contributed by atoms with Crippen LogP contribution in [0.3, 0.4) is 0 Å². The second kappa shape index (κ2) is 6.80. The fourth-order valence-electron chi connectivity index (χ4n) is 1.28. The molecule has 0 aliphatic rings. The predicted octanol–water partition coefficient (Wildman–Crippen LogP) is 3.10. The van der Waals surface area contributed by atoms with E-state index in [9.17, 15) is 4.79 Å². The lowest BCUT2D eigenvalue weighted by molar-refractivity contribution is 0.0957. The van der Waals surface area contributed by atoms with Crippen LogP contribution in [0, 0.1) is 0 Å². The number of rotatable bonds is 5. The SMILES string of the molecule is C=C(Br)CNC(=O)c1cc(OC)c(Br)c(OC)c1. The standard InChI is InChI=1S/C12H13Br2NO3/c1-7(13)6-15-12(16)8-4-9(17-2)11(14)10(5-8)18-3/h4-5H,1,6H2,2-3H3,(H,15,16). The molecule has 6 heteroatoms. The van der Waals surface area contributed by atoms with Crippen molar-refractivity contribution >= 4 is 37.8 Å². The summed E-state index contributed by atoms with van der Waals surface area (Å²) in [5, 5.41) is 2.71. The van der Waals surface area contributed by atoms with E-state index in [2.05, 4.69) is 43.8 Å². The van der Waals surface area contributed by atoms with E-state index < -0.39 is 0 Å². The lowest BCUT2D eigenvalue weighted by atomic mass is 10.2. The first-order valence-electron chi connectivity index (χ1n) is 5.02. The van der Waals surface area contributed by atoms with E-state index in [0.717, 1.165) is 0 Å². The van der Waals surface area contributed by atoms with E-state index >= 15 is 0 Å². The first kappa shape index (κ1) is 15.0. The molecule has 1 rings (SSSR count). The quantitative estimate of drug-likeness (QED) is 0.856. The van der Waals surface area contributed by atoms with Crippen LogP contribution in [0.5, 0.6) is 11.5 Å². The van der Waals surface area contributed by atoms with E-state index in [1.54, 1.807) is 12.1 Å². The molecule has 4 nitrogen and oxygen atoms in total. The van der Waals surface area contributed by atoms with Crippen molar-refractivity contribution in [3.05, 3.63) is 33.2 Å². The molecule has 0 radical (unpaired) electrons. The maximum Gasteiger partial charge on any atom is 0.251 e. The molecule has 0 fully saturated rings. The number of benzene rings is 1. The zero-order valence-corrected chi connectivity index (χ0v) is 13.2. The van der Waals surface area contributed by atoms with Crippen LogP contribution in [0.25, 0.3) is 0 Å². The van der Waals surface area contributed by atoms with Gasteiger partial charge in [0, 0.05) is 16.6 Å². The van der Waals surface area contributed by atoms with E-state index in [0.29, 0.717) is 32.6 Å². The number of hydrogen-bond donors (Lipinski definition) is 1. The Labute approximate surface area is 123 Å². The Morgan fingerprint density at radius 3 is 2.22 bits per heavy atom. The molecule has 0 saturated carbocycles. The van der Waals surface area contributed by atoms with Crippen LogP contribution in [0.1, 0.15) is 10.4 Å². The average Bonchev–Trinajstić information content (AvgIpc) is 2.36. The number of halogens is 2. The molecule has 1 amide bonds. The van der Waals surface area contributed by atoms with Crippen molar-refractivity contribution in [2.45, 2.75) is 0 Å². The molecule has 98 valence electrons. The summed E-state index contributed by atoms with van der Waals surface area (Å²) in [6.45, 7) is 4.01. The van der Waals surface area contributed by atoms with Gasteiger partial charge in [0.05, 0.1) is 14.2 Å². The highest BCUT2D eigenvalue weighted by Crippen LogP contribution is 2.35. The normalized spacial score (nSPS) is 9.78. The molecule has 1 aromatic rings. The molecule has 0 aliphatic carbocycles. The van der Waals surface area contributed by atoms with Gasteiger partial charge in [0.1, 0.15) is 16.0 Å². The Kier molecular flexibility index (Phi) is 5.68. The van der Waals surface area contributed by atoms with E-state index in [-0.39, 0.29) is 5.91 Å². The smallest absolute Gasteiger partial charge is 0.251 e.